The van der Waals surface area contributed by atoms with Crippen LogP contribution in [-0.4, -0.2) is 58.7 Å². The first-order chi connectivity index (χ1) is 13.3. The Balaban J connectivity index is 1.47. The van der Waals surface area contributed by atoms with Crippen LogP contribution in [0, 0.1) is 5.92 Å². The second kappa shape index (κ2) is 9.25. The van der Waals surface area contributed by atoms with Crippen molar-refractivity contribution < 1.29 is 19.4 Å². The summed E-state index contributed by atoms with van der Waals surface area (Å²) < 4.78 is 11.2. The Bertz CT molecular complexity index is 623. The third-order valence-corrected chi connectivity index (χ3v) is 5.63. The van der Waals surface area contributed by atoms with Gasteiger partial charge < -0.3 is 19.5 Å². The second-order valence-corrected chi connectivity index (χ2v) is 8.87. The summed E-state index contributed by atoms with van der Waals surface area (Å²) >= 11 is 0. The van der Waals surface area contributed by atoms with Gasteiger partial charge in [0.1, 0.15) is 6.61 Å². The minimum absolute atomic E-state index is 0.235. The van der Waals surface area contributed by atoms with E-state index >= 15 is 0 Å². The van der Waals surface area contributed by atoms with E-state index in [0.29, 0.717) is 31.7 Å². The number of likely N-dealkylation sites (tertiary alicyclic amines) is 2. The van der Waals surface area contributed by atoms with E-state index in [1.165, 1.54) is 0 Å². The first-order valence-corrected chi connectivity index (χ1v) is 10.4. The normalized spacial score (nSPS) is 23.0. The highest BCUT2D eigenvalue weighted by Gasteiger charge is 2.38. The number of ether oxygens (including phenoxy) is 2. The number of amides is 1. The third kappa shape index (κ3) is 5.69. The van der Waals surface area contributed by atoms with Gasteiger partial charge in [-0.2, -0.15) is 0 Å². The maximum atomic E-state index is 12.4. The van der Waals surface area contributed by atoms with Gasteiger partial charge in [-0.05, 0) is 57.9 Å². The number of hydrogen-bond donors (Lipinski definition) is 1. The molecule has 2 atom stereocenters. The molecule has 3 rings (SSSR count). The van der Waals surface area contributed by atoms with Crippen molar-refractivity contribution in [2.24, 2.45) is 5.92 Å². The molecule has 0 spiro atoms. The van der Waals surface area contributed by atoms with Gasteiger partial charge in [0.05, 0.1) is 5.60 Å². The molecule has 1 N–H and O–H groups in total. The summed E-state index contributed by atoms with van der Waals surface area (Å²) in [4.78, 5) is 16.3. The maximum absolute atomic E-state index is 12.4. The summed E-state index contributed by atoms with van der Waals surface area (Å²) in [6, 6.07) is 10.1. The van der Waals surface area contributed by atoms with Crippen LogP contribution in [0.25, 0.3) is 0 Å². The number of carbonyl (C=O) groups is 1. The SMILES string of the molecule is CC(C)(C)OC(O)N1CCCC1C1CCN(C(=O)OCc2ccccc2)CC1. The zero-order valence-electron chi connectivity index (χ0n) is 17.3. The molecule has 1 aromatic carbocycles. The molecule has 0 aromatic heterocycles. The van der Waals surface area contributed by atoms with Gasteiger partial charge in [0.25, 0.3) is 0 Å². The Hall–Kier alpha value is -1.63. The molecule has 2 aliphatic rings. The summed E-state index contributed by atoms with van der Waals surface area (Å²) in [6.45, 7) is 8.47. The van der Waals surface area contributed by atoms with Crippen molar-refractivity contribution in [3.05, 3.63) is 35.9 Å². The predicted molar refractivity (Wildman–Crippen MR) is 107 cm³/mol. The lowest BCUT2D eigenvalue weighted by Gasteiger charge is -2.40. The molecule has 2 heterocycles. The van der Waals surface area contributed by atoms with Gasteiger partial charge >= 0.3 is 6.09 Å². The molecule has 2 unspecified atom stereocenters. The van der Waals surface area contributed by atoms with Gasteiger partial charge in [0, 0.05) is 25.7 Å². The van der Waals surface area contributed by atoms with Crippen LogP contribution < -0.4 is 0 Å². The fourth-order valence-electron chi connectivity index (χ4n) is 4.26. The first-order valence-electron chi connectivity index (χ1n) is 10.4. The van der Waals surface area contributed by atoms with Gasteiger partial charge in [0.15, 0.2) is 0 Å². The molecule has 28 heavy (non-hydrogen) atoms. The standard InChI is InChI=1S/C22H34N2O4/c1-22(2,3)28-21(26)24-13-7-10-19(24)18-11-14-23(15-12-18)20(25)27-16-17-8-5-4-6-9-17/h4-6,8-9,18-19,21,26H,7,10-16H2,1-3H3. The smallest absolute Gasteiger partial charge is 0.410 e. The lowest BCUT2D eigenvalue weighted by atomic mass is 9.88. The Morgan fingerprint density at radius 2 is 1.82 bits per heavy atom. The van der Waals surface area contributed by atoms with Crippen molar-refractivity contribution in [1.82, 2.24) is 9.80 Å². The van der Waals surface area contributed by atoms with Crippen LogP contribution >= 0.6 is 0 Å². The van der Waals surface area contributed by atoms with Gasteiger partial charge in [-0.15, -0.1) is 0 Å². The molecule has 2 fully saturated rings. The second-order valence-electron chi connectivity index (χ2n) is 8.87. The van der Waals surface area contributed by atoms with Gasteiger partial charge in [-0.3, -0.25) is 4.90 Å². The monoisotopic (exact) mass is 390 g/mol. The number of rotatable bonds is 5. The zero-order chi connectivity index (χ0) is 20.1. The minimum atomic E-state index is -0.860. The van der Waals surface area contributed by atoms with E-state index in [4.69, 9.17) is 9.47 Å². The van der Waals surface area contributed by atoms with Crippen molar-refractivity contribution in [2.45, 2.75) is 71.1 Å². The number of nitrogens with zero attached hydrogens (tertiary/aromatic N) is 2. The summed E-state index contributed by atoms with van der Waals surface area (Å²) in [6.07, 6.45) is 2.93. The molecular weight excluding hydrogens is 356 g/mol. The molecule has 6 heteroatoms. The largest absolute Gasteiger partial charge is 0.445 e. The van der Waals surface area contributed by atoms with Crippen molar-refractivity contribution in [1.29, 1.82) is 0 Å². The van der Waals surface area contributed by atoms with E-state index in [0.717, 1.165) is 37.8 Å². The fraction of sp³-hybridized carbons (Fsp3) is 0.682. The molecule has 0 aliphatic carbocycles. The molecule has 156 valence electrons. The highest BCUT2D eigenvalue weighted by Crippen LogP contribution is 2.33. The average Bonchev–Trinajstić information content (AvgIpc) is 3.16. The van der Waals surface area contributed by atoms with Gasteiger partial charge in [-0.1, -0.05) is 30.3 Å². The van der Waals surface area contributed by atoms with Crippen LogP contribution in [0.3, 0.4) is 0 Å². The van der Waals surface area contributed by atoms with Crippen molar-refractivity contribution in [3.8, 4) is 0 Å². The predicted octanol–water partition coefficient (Wildman–Crippen LogP) is 3.59. The molecule has 0 radical (unpaired) electrons. The van der Waals surface area contributed by atoms with Crippen LogP contribution in [0.2, 0.25) is 0 Å². The van der Waals surface area contributed by atoms with Crippen molar-refractivity contribution in [3.63, 3.8) is 0 Å². The summed E-state index contributed by atoms with van der Waals surface area (Å²) in [5, 5.41) is 10.5. The van der Waals surface area contributed by atoms with Crippen molar-refractivity contribution >= 4 is 6.09 Å². The lowest BCUT2D eigenvalue weighted by Crippen LogP contribution is -2.49. The molecular formula is C22H34N2O4. The van der Waals surface area contributed by atoms with Crippen molar-refractivity contribution in [2.75, 3.05) is 19.6 Å². The highest BCUT2D eigenvalue weighted by molar-refractivity contribution is 5.67. The van der Waals surface area contributed by atoms with Gasteiger partial charge in [0.2, 0.25) is 6.41 Å². The quantitative estimate of drug-likeness (QED) is 0.779. The lowest BCUT2D eigenvalue weighted by molar-refractivity contribution is -0.246. The Labute approximate surface area is 168 Å². The van der Waals surface area contributed by atoms with E-state index in [1.54, 1.807) is 4.90 Å². The highest BCUT2D eigenvalue weighted by atomic mass is 16.6. The molecule has 1 amide bonds. The van der Waals surface area contributed by atoms with E-state index in [9.17, 15) is 9.90 Å². The Kier molecular flexibility index (Phi) is 6.96. The molecule has 2 aliphatic heterocycles. The molecule has 2 saturated heterocycles. The number of aliphatic hydroxyl groups is 1. The summed E-state index contributed by atoms with van der Waals surface area (Å²) in [5.41, 5.74) is 0.624. The number of carbonyl (C=O) groups excluding carboxylic acids is 1. The van der Waals surface area contributed by atoms with Crippen LogP contribution in [0.4, 0.5) is 4.79 Å². The van der Waals surface area contributed by atoms with Crippen LogP contribution in [0.1, 0.15) is 52.0 Å². The maximum Gasteiger partial charge on any atom is 0.410 e. The van der Waals surface area contributed by atoms with Crippen LogP contribution in [0.5, 0.6) is 0 Å². The Morgan fingerprint density at radius 3 is 2.46 bits per heavy atom. The minimum Gasteiger partial charge on any atom is -0.445 e. The average molecular weight is 391 g/mol. The van der Waals surface area contributed by atoms with Gasteiger partial charge in [-0.25, -0.2) is 4.79 Å². The summed E-state index contributed by atoms with van der Waals surface area (Å²) in [5.74, 6) is 0.471. The number of benzene rings is 1. The number of aliphatic hydroxyl groups excluding tert-OH is 1. The molecule has 0 saturated carbocycles. The van der Waals surface area contributed by atoms with E-state index in [1.807, 2.05) is 51.1 Å². The number of piperidine rings is 1. The number of hydrogen-bond acceptors (Lipinski definition) is 5. The fourth-order valence-corrected chi connectivity index (χ4v) is 4.26. The molecule has 6 nitrogen and oxygen atoms in total. The van der Waals surface area contributed by atoms with E-state index in [-0.39, 0.29) is 11.7 Å². The topological polar surface area (TPSA) is 62.2 Å². The zero-order valence-corrected chi connectivity index (χ0v) is 17.3. The molecule has 1 aromatic rings. The Morgan fingerprint density at radius 1 is 1.14 bits per heavy atom. The van der Waals surface area contributed by atoms with E-state index in [2.05, 4.69) is 4.90 Å². The third-order valence-electron chi connectivity index (χ3n) is 5.63. The van der Waals surface area contributed by atoms with E-state index < -0.39 is 6.41 Å². The molecule has 0 bridgehead atoms. The first kappa shape index (κ1) is 21.1. The van der Waals surface area contributed by atoms with Crippen LogP contribution in [0.15, 0.2) is 30.3 Å². The van der Waals surface area contributed by atoms with Crippen LogP contribution in [-0.2, 0) is 16.1 Å². The summed E-state index contributed by atoms with van der Waals surface area (Å²) in [7, 11) is 0.